The maximum Gasteiger partial charge on any atom is 0.335 e. The van der Waals surface area contributed by atoms with Gasteiger partial charge in [-0.25, -0.2) is 9.18 Å². The molecule has 0 aliphatic heterocycles. The van der Waals surface area contributed by atoms with Gasteiger partial charge in [0.1, 0.15) is 12.6 Å². The highest BCUT2D eigenvalue weighted by Gasteiger charge is 1.86. The number of ether oxygens (including phenoxy) is 1. The lowest BCUT2D eigenvalue weighted by Crippen LogP contribution is -1.90. The van der Waals surface area contributed by atoms with Crippen LogP contribution in [0.15, 0.2) is 25.2 Å². The number of esters is 1. The number of hydrogen-bond acceptors (Lipinski definition) is 2. The van der Waals surface area contributed by atoms with Crippen LogP contribution in [0.4, 0.5) is 4.39 Å². The maximum atomic E-state index is 11.0. The van der Waals surface area contributed by atoms with Crippen LogP contribution < -0.4 is 0 Å². The molecule has 0 saturated heterocycles. The van der Waals surface area contributed by atoms with Gasteiger partial charge in [0.25, 0.3) is 0 Å². The molecule has 0 aliphatic carbocycles. The lowest BCUT2D eigenvalue weighted by Gasteiger charge is -1.85. The van der Waals surface area contributed by atoms with Crippen LogP contribution in [0.5, 0.6) is 0 Å². The van der Waals surface area contributed by atoms with E-state index in [0.29, 0.717) is 6.26 Å². The molecular formula is C5H5FO2. The van der Waals surface area contributed by atoms with Crippen LogP contribution in [-0.4, -0.2) is 5.97 Å². The minimum absolute atomic E-state index is 0.126. The first-order valence-electron chi connectivity index (χ1n) is 1.89. The SMILES string of the molecule is C=CC(=O)O/C=C\F. The summed E-state index contributed by atoms with van der Waals surface area (Å²) < 4.78 is 15.0. The van der Waals surface area contributed by atoms with Gasteiger partial charge < -0.3 is 4.74 Å². The number of carbonyl (C=O) groups is 1. The van der Waals surface area contributed by atoms with Crippen molar-refractivity contribution in [3.05, 3.63) is 25.2 Å². The average Bonchev–Trinajstić information content (AvgIpc) is 1.83. The summed E-state index contributed by atoms with van der Waals surface area (Å²) in [6.07, 6.45) is 1.71. The van der Waals surface area contributed by atoms with Crippen molar-refractivity contribution in [1.29, 1.82) is 0 Å². The lowest BCUT2D eigenvalue weighted by molar-refractivity contribution is -0.132. The average molecular weight is 116 g/mol. The van der Waals surface area contributed by atoms with Crippen LogP contribution in [0.3, 0.4) is 0 Å². The molecule has 0 heterocycles. The third-order valence-corrected chi connectivity index (χ3v) is 0.402. The van der Waals surface area contributed by atoms with Crippen LogP contribution in [0, 0.1) is 0 Å². The zero-order valence-electron chi connectivity index (χ0n) is 4.13. The van der Waals surface area contributed by atoms with Gasteiger partial charge in [-0.2, -0.15) is 0 Å². The number of hydrogen-bond donors (Lipinski definition) is 0. The van der Waals surface area contributed by atoms with Gasteiger partial charge in [-0.05, 0) is 0 Å². The molecular weight excluding hydrogens is 111 g/mol. The third kappa shape index (κ3) is 3.08. The first kappa shape index (κ1) is 6.88. The molecule has 0 fully saturated rings. The molecule has 3 heteroatoms. The summed E-state index contributed by atoms with van der Waals surface area (Å²) in [5.41, 5.74) is 0. The van der Waals surface area contributed by atoms with Gasteiger partial charge >= 0.3 is 5.97 Å². The van der Waals surface area contributed by atoms with Crippen LogP contribution in [0.2, 0.25) is 0 Å². The fourth-order valence-corrected chi connectivity index (χ4v) is 0.141. The van der Waals surface area contributed by atoms with E-state index in [1.807, 2.05) is 0 Å². The molecule has 0 aliphatic rings. The lowest BCUT2D eigenvalue weighted by atomic mass is 10.7. The Labute approximate surface area is 46.3 Å². The van der Waals surface area contributed by atoms with E-state index in [0.717, 1.165) is 6.08 Å². The summed E-state index contributed by atoms with van der Waals surface area (Å²) in [5, 5.41) is 0. The standard InChI is InChI=1S/C5H5FO2/c1-2-5(7)8-4-3-6/h2-4H,1H2/b4-3-. The highest BCUT2D eigenvalue weighted by molar-refractivity contribution is 5.81. The van der Waals surface area contributed by atoms with Crippen molar-refractivity contribution in [2.75, 3.05) is 0 Å². The predicted octanol–water partition coefficient (Wildman–Crippen LogP) is 1.16. The van der Waals surface area contributed by atoms with Crippen LogP contribution >= 0.6 is 0 Å². The van der Waals surface area contributed by atoms with Crippen molar-refractivity contribution in [1.82, 2.24) is 0 Å². The molecule has 0 N–H and O–H groups in total. The van der Waals surface area contributed by atoms with E-state index in [9.17, 15) is 9.18 Å². The molecule has 0 radical (unpaired) electrons. The van der Waals surface area contributed by atoms with Gasteiger partial charge in [0.05, 0.1) is 0 Å². The summed E-state index contributed by atoms with van der Waals surface area (Å²) >= 11 is 0. The fraction of sp³-hybridized carbons (Fsp3) is 0. The second kappa shape index (κ2) is 4.05. The van der Waals surface area contributed by atoms with Gasteiger partial charge in [-0.1, -0.05) is 6.58 Å². The highest BCUT2D eigenvalue weighted by Crippen LogP contribution is 1.80. The van der Waals surface area contributed by atoms with Crippen molar-refractivity contribution >= 4 is 5.97 Å². The van der Waals surface area contributed by atoms with Crippen molar-refractivity contribution in [3.8, 4) is 0 Å². The van der Waals surface area contributed by atoms with Gasteiger partial charge in [0.15, 0.2) is 0 Å². The van der Waals surface area contributed by atoms with Gasteiger partial charge in [0.2, 0.25) is 0 Å². The zero-order chi connectivity index (χ0) is 6.41. The molecule has 0 amide bonds. The summed E-state index contributed by atoms with van der Waals surface area (Å²) in [6, 6.07) is 0. The first-order valence-corrected chi connectivity index (χ1v) is 1.89. The molecule has 8 heavy (non-hydrogen) atoms. The van der Waals surface area contributed by atoms with E-state index in [-0.39, 0.29) is 6.33 Å². The van der Waals surface area contributed by atoms with E-state index in [2.05, 4.69) is 11.3 Å². The van der Waals surface area contributed by atoms with Gasteiger partial charge in [-0.3, -0.25) is 0 Å². The van der Waals surface area contributed by atoms with Crippen LogP contribution in [0.1, 0.15) is 0 Å². The molecule has 2 nitrogen and oxygen atoms in total. The summed E-state index contributed by atoms with van der Waals surface area (Å²) in [7, 11) is 0. The Bertz CT molecular complexity index is 118. The zero-order valence-corrected chi connectivity index (χ0v) is 4.13. The molecule has 0 unspecified atom stereocenters. The summed E-state index contributed by atoms with van der Waals surface area (Å²) in [5.74, 6) is -0.668. The molecule has 0 aromatic heterocycles. The second-order valence-corrected chi connectivity index (χ2v) is 0.903. The van der Waals surface area contributed by atoms with Crippen molar-refractivity contribution in [2.45, 2.75) is 0 Å². The Morgan fingerprint density at radius 1 is 1.75 bits per heavy atom. The Balaban J connectivity index is 3.39. The van der Waals surface area contributed by atoms with Crippen molar-refractivity contribution in [3.63, 3.8) is 0 Å². The molecule has 0 spiro atoms. The van der Waals surface area contributed by atoms with Gasteiger partial charge in [0, 0.05) is 6.08 Å². The largest absolute Gasteiger partial charge is 0.429 e. The third-order valence-electron chi connectivity index (χ3n) is 0.402. The first-order chi connectivity index (χ1) is 3.81. The van der Waals surface area contributed by atoms with Gasteiger partial charge in [-0.15, -0.1) is 0 Å². The summed E-state index contributed by atoms with van der Waals surface area (Å²) in [6.45, 7) is 3.08. The number of rotatable bonds is 2. The monoisotopic (exact) mass is 116 g/mol. The van der Waals surface area contributed by atoms with E-state index in [1.54, 1.807) is 0 Å². The minimum atomic E-state index is -0.668. The summed E-state index contributed by atoms with van der Waals surface area (Å²) in [4.78, 5) is 10.0. The molecule has 0 saturated carbocycles. The Hall–Kier alpha value is -1.12. The maximum absolute atomic E-state index is 11.0. The quantitative estimate of drug-likeness (QED) is 0.307. The topological polar surface area (TPSA) is 26.3 Å². The van der Waals surface area contributed by atoms with E-state index < -0.39 is 5.97 Å². The van der Waals surface area contributed by atoms with E-state index >= 15 is 0 Å². The molecule has 0 aromatic carbocycles. The van der Waals surface area contributed by atoms with Crippen LogP contribution in [-0.2, 0) is 9.53 Å². The Morgan fingerprint density at radius 2 is 2.38 bits per heavy atom. The molecule has 0 bridgehead atoms. The normalized spacial score (nSPS) is 9.12. The second-order valence-electron chi connectivity index (χ2n) is 0.903. The Morgan fingerprint density at radius 3 is 2.75 bits per heavy atom. The number of halogens is 1. The molecule has 0 rings (SSSR count). The smallest absolute Gasteiger partial charge is 0.335 e. The van der Waals surface area contributed by atoms with Crippen molar-refractivity contribution in [2.24, 2.45) is 0 Å². The molecule has 0 atom stereocenters. The van der Waals surface area contributed by atoms with Crippen LogP contribution in [0.25, 0.3) is 0 Å². The number of carbonyl (C=O) groups excluding carboxylic acids is 1. The highest BCUT2D eigenvalue weighted by atomic mass is 19.1. The fourth-order valence-electron chi connectivity index (χ4n) is 0.141. The minimum Gasteiger partial charge on any atom is -0.429 e. The van der Waals surface area contributed by atoms with Crippen molar-refractivity contribution < 1.29 is 13.9 Å². The molecule has 44 valence electrons. The Kier molecular flexibility index (Phi) is 3.48. The van der Waals surface area contributed by atoms with E-state index in [1.165, 1.54) is 0 Å². The predicted molar refractivity (Wildman–Crippen MR) is 26.5 cm³/mol. The molecule has 0 aromatic rings. The van der Waals surface area contributed by atoms with E-state index in [4.69, 9.17) is 0 Å².